The van der Waals surface area contributed by atoms with Crippen LogP contribution in [0.25, 0.3) is 11.2 Å². The minimum atomic E-state index is -0.942. The summed E-state index contributed by atoms with van der Waals surface area (Å²) in [6.07, 6.45) is -0.692. The van der Waals surface area contributed by atoms with Crippen molar-refractivity contribution < 1.29 is 19.0 Å². The molecule has 12 heteroatoms. The Bertz CT molecular complexity index is 1130. The van der Waals surface area contributed by atoms with Crippen molar-refractivity contribution in [3.63, 3.8) is 0 Å². The maximum Gasteiger partial charge on any atom is 0.292 e. The van der Waals surface area contributed by atoms with Gasteiger partial charge >= 0.3 is 0 Å². The van der Waals surface area contributed by atoms with E-state index in [-0.39, 0.29) is 58.5 Å². The second kappa shape index (κ2) is 9.98. The predicted molar refractivity (Wildman–Crippen MR) is 114 cm³/mol. The molecule has 5 N–H and O–H groups in total. The average molecular weight is 452 g/mol. The number of nitrogens with one attached hydrogen (secondary N) is 3. The molecule has 0 amide bonds. The Hall–Kier alpha value is -2.83. The Kier molecular flexibility index (Phi) is 7.36. The van der Waals surface area contributed by atoms with Crippen molar-refractivity contribution in [3.8, 4) is 0 Å². The van der Waals surface area contributed by atoms with Gasteiger partial charge in [-0.05, 0) is 19.9 Å². The maximum absolute atomic E-state index is 13.9. The van der Waals surface area contributed by atoms with Gasteiger partial charge in [0.2, 0.25) is 0 Å². The quantitative estimate of drug-likeness (QED) is 0.243. The van der Waals surface area contributed by atoms with Gasteiger partial charge in [0.1, 0.15) is 0 Å². The molecule has 0 aliphatic heterocycles. The first-order chi connectivity index (χ1) is 14.8. The lowest BCUT2D eigenvalue weighted by Gasteiger charge is -2.15. The van der Waals surface area contributed by atoms with Gasteiger partial charge in [0.15, 0.2) is 39.6 Å². The molecule has 2 atom stereocenters. The fourth-order valence-electron chi connectivity index (χ4n) is 2.57. The Morgan fingerprint density at radius 3 is 2.68 bits per heavy atom. The number of benzene rings is 1. The van der Waals surface area contributed by atoms with Gasteiger partial charge in [-0.1, -0.05) is 23.9 Å². The number of fused-ring (bicyclic) bond motifs is 1. The zero-order valence-electron chi connectivity index (χ0n) is 16.8. The van der Waals surface area contributed by atoms with Crippen molar-refractivity contribution in [2.75, 3.05) is 23.8 Å². The number of rotatable bonds is 9. The fraction of sp³-hybridized carbons (Fsp3) is 0.368. The maximum atomic E-state index is 13.9. The van der Waals surface area contributed by atoms with Gasteiger partial charge in [-0.25, -0.2) is 23.7 Å². The van der Waals surface area contributed by atoms with E-state index >= 15 is 0 Å². The van der Waals surface area contributed by atoms with Crippen LogP contribution in [0.5, 0.6) is 0 Å². The third-order valence-corrected chi connectivity index (χ3v) is 5.04. The second-order valence-electron chi connectivity index (χ2n) is 6.93. The molecule has 31 heavy (non-hydrogen) atoms. The van der Waals surface area contributed by atoms with E-state index in [0.717, 1.165) is 17.8 Å². The molecule has 0 fully saturated rings. The van der Waals surface area contributed by atoms with Crippen molar-refractivity contribution in [3.05, 3.63) is 45.8 Å². The summed E-state index contributed by atoms with van der Waals surface area (Å²) < 4.78 is 27.4. The largest absolute Gasteiger partial charge is 0.394 e. The summed E-state index contributed by atoms with van der Waals surface area (Å²) in [4.78, 5) is 27.8. The van der Waals surface area contributed by atoms with E-state index in [9.17, 15) is 23.8 Å². The van der Waals surface area contributed by atoms with Crippen molar-refractivity contribution >= 4 is 34.6 Å². The van der Waals surface area contributed by atoms with Crippen LogP contribution in [0.3, 0.4) is 0 Å². The van der Waals surface area contributed by atoms with Crippen LogP contribution in [-0.2, 0) is 5.75 Å². The van der Waals surface area contributed by atoms with Crippen LogP contribution in [-0.4, -0.2) is 55.4 Å². The molecule has 0 radical (unpaired) electrons. The first-order valence-corrected chi connectivity index (χ1v) is 10.4. The Balaban J connectivity index is 1.97. The number of hydrogen-bond acceptors (Lipinski definition) is 9. The van der Waals surface area contributed by atoms with E-state index < -0.39 is 23.3 Å². The molecular weight excluding hydrogens is 430 g/mol. The summed E-state index contributed by atoms with van der Waals surface area (Å²) in [6.45, 7) is 3.22. The molecule has 0 bridgehead atoms. The van der Waals surface area contributed by atoms with Crippen LogP contribution in [0.2, 0.25) is 0 Å². The summed E-state index contributed by atoms with van der Waals surface area (Å²) in [5, 5.41) is 24.8. The van der Waals surface area contributed by atoms with E-state index in [2.05, 4.69) is 30.6 Å². The van der Waals surface area contributed by atoms with Crippen LogP contribution in [0.15, 0.2) is 28.2 Å². The highest BCUT2D eigenvalue weighted by Crippen LogP contribution is 2.26. The molecule has 1 aromatic carbocycles. The number of nitrogens with zero attached hydrogens (tertiary/aromatic N) is 3. The minimum Gasteiger partial charge on any atom is -0.394 e. The van der Waals surface area contributed by atoms with Gasteiger partial charge in [0.25, 0.3) is 5.56 Å². The number of thioether (sulfide) groups is 1. The number of aliphatic hydroxyl groups is 2. The molecule has 1 unspecified atom stereocenters. The van der Waals surface area contributed by atoms with E-state index in [0.29, 0.717) is 0 Å². The smallest absolute Gasteiger partial charge is 0.292 e. The van der Waals surface area contributed by atoms with Crippen LogP contribution in [0.4, 0.5) is 20.4 Å². The van der Waals surface area contributed by atoms with E-state index in [4.69, 9.17) is 0 Å². The molecule has 166 valence electrons. The highest BCUT2D eigenvalue weighted by atomic mass is 32.2. The Labute approximate surface area is 180 Å². The number of H-pyrrole nitrogens is 1. The molecule has 9 nitrogen and oxygen atoms in total. The van der Waals surface area contributed by atoms with E-state index in [1.165, 1.54) is 12.1 Å². The van der Waals surface area contributed by atoms with Crippen LogP contribution in [0, 0.1) is 11.6 Å². The molecule has 0 saturated carbocycles. The summed E-state index contributed by atoms with van der Waals surface area (Å²) in [7, 11) is 0. The average Bonchev–Trinajstić information content (AvgIpc) is 2.73. The van der Waals surface area contributed by atoms with Gasteiger partial charge in [-0.15, -0.1) is 0 Å². The van der Waals surface area contributed by atoms with Crippen LogP contribution >= 0.6 is 11.8 Å². The fourth-order valence-corrected chi connectivity index (χ4v) is 3.39. The molecule has 0 aliphatic rings. The summed E-state index contributed by atoms with van der Waals surface area (Å²) in [6, 6.07) is 3.53. The lowest BCUT2D eigenvalue weighted by atomic mass is 10.2. The SMILES string of the molecule is CC(O)CNc1nc2c(N[C@H](C)CO)nc(SCc3cccc(F)c3F)nc2[nH]c1=O. The Morgan fingerprint density at radius 2 is 1.97 bits per heavy atom. The lowest BCUT2D eigenvalue weighted by molar-refractivity contribution is 0.208. The van der Waals surface area contributed by atoms with Crippen molar-refractivity contribution in [2.24, 2.45) is 0 Å². The molecule has 3 rings (SSSR count). The summed E-state index contributed by atoms with van der Waals surface area (Å²) in [5.74, 6) is -1.58. The Morgan fingerprint density at radius 1 is 1.19 bits per heavy atom. The molecule has 0 aliphatic carbocycles. The third-order valence-electron chi connectivity index (χ3n) is 4.14. The van der Waals surface area contributed by atoms with Crippen LogP contribution < -0.4 is 16.2 Å². The van der Waals surface area contributed by atoms with E-state index in [1.54, 1.807) is 13.8 Å². The zero-order chi connectivity index (χ0) is 22.5. The van der Waals surface area contributed by atoms with E-state index in [1.807, 2.05) is 0 Å². The minimum absolute atomic E-state index is 0.0149. The first kappa shape index (κ1) is 22.8. The normalized spacial score (nSPS) is 13.2. The van der Waals surface area contributed by atoms with Gasteiger partial charge in [0.05, 0.1) is 12.7 Å². The van der Waals surface area contributed by atoms with Crippen molar-refractivity contribution in [1.82, 2.24) is 19.9 Å². The second-order valence-corrected chi connectivity index (χ2v) is 7.87. The number of halogens is 2. The number of hydrogen-bond donors (Lipinski definition) is 5. The first-order valence-electron chi connectivity index (χ1n) is 9.45. The molecular formula is C19H22F2N6O3S. The number of aromatic nitrogens is 4. The number of anilines is 2. The zero-order valence-corrected chi connectivity index (χ0v) is 17.6. The number of aromatic amines is 1. The molecule has 2 heterocycles. The molecule has 0 spiro atoms. The highest BCUT2D eigenvalue weighted by molar-refractivity contribution is 7.98. The van der Waals surface area contributed by atoms with Gasteiger partial charge in [-0.2, -0.15) is 0 Å². The van der Waals surface area contributed by atoms with Gasteiger partial charge < -0.3 is 25.8 Å². The lowest BCUT2D eigenvalue weighted by Crippen LogP contribution is -2.24. The molecule has 0 saturated heterocycles. The number of aliphatic hydroxyl groups excluding tert-OH is 2. The van der Waals surface area contributed by atoms with Crippen molar-refractivity contribution in [2.45, 2.75) is 36.9 Å². The van der Waals surface area contributed by atoms with Crippen molar-refractivity contribution in [1.29, 1.82) is 0 Å². The topological polar surface area (TPSA) is 136 Å². The third kappa shape index (κ3) is 5.66. The standard InChI is InChI=1S/C19H22F2N6O3S/c1-9(7-28)23-15-14-16(25-18(30)17(24-14)22-6-10(2)29)27-19(26-15)31-8-11-4-3-5-12(20)13(11)21/h3-5,9-10,28-29H,6-8H2,1-2H3,(H,22,24)(H2,23,25,26,27,30)/t9-,10?/m1/s1. The summed E-state index contributed by atoms with van der Waals surface area (Å²) in [5.41, 5.74) is -0.0110. The molecule has 2 aromatic heterocycles. The molecule has 3 aromatic rings. The monoisotopic (exact) mass is 452 g/mol. The van der Waals surface area contributed by atoms with Gasteiger partial charge in [-0.3, -0.25) is 4.79 Å². The predicted octanol–water partition coefficient (Wildman–Crippen LogP) is 1.87. The summed E-state index contributed by atoms with van der Waals surface area (Å²) >= 11 is 1.05. The highest BCUT2D eigenvalue weighted by Gasteiger charge is 2.16. The van der Waals surface area contributed by atoms with Crippen LogP contribution in [0.1, 0.15) is 19.4 Å². The van der Waals surface area contributed by atoms with Gasteiger partial charge in [0, 0.05) is 23.9 Å².